The van der Waals surface area contributed by atoms with Crippen LogP contribution < -0.4 is 5.32 Å². The summed E-state index contributed by atoms with van der Waals surface area (Å²) in [5.74, 6) is -1.36. The number of esters is 1. The van der Waals surface area contributed by atoms with Crippen molar-refractivity contribution in [3.8, 4) is 6.07 Å². The van der Waals surface area contributed by atoms with Crippen molar-refractivity contribution < 1.29 is 19.1 Å². The van der Waals surface area contributed by atoms with E-state index in [1.165, 1.54) is 7.11 Å². The third kappa shape index (κ3) is 6.37. The van der Waals surface area contributed by atoms with E-state index in [0.717, 1.165) is 5.56 Å². The second-order valence-electron chi connectivity index (χ2n) is 4.89. The predicted octanol–water partition coefficient (Wildman–Crippen LogP) is 1.41. The first-order chi connectivity index (χ1) is 10.6. The summed E-state index contributed by atoms with van der Waals surface area (Å²) in [7, 11) is 1.24. The van der Waals surface area contributed by atoms with Gasteiger partial charge in [0.1, 0.15) is 12.6 Å². The molecule has 6 heteroatoms. The molecule has 0 fully saturated rings. The zero-order chi connectivity index (χ0) is 16.4. The van der Waals surface area contributed by atoms with Crippen molar-refractivity contribution in [1.82, 2.24) is 5.32 Å². The van der Waals surface area contributed by atoms with Gasteiger partial charge in [-0.25, -0.2) is 4.79 Å². The van der Waals surface area contributed by atoms with Gasteiger partial charge in [0, 0.05) is 5.92 Å². The van der Waals surface area contributed by atoms with Gasteiger partial charge in [0.25, 0.3) is 0 Å². The molecule has 22 heavy (non-hydrogen) atoms. The largest absolute Gasteiger partial charge is 0.467 e. The van der Waals surface area contributed by atoms with Crippen molar-refractivity contribution in [2.45, 2.75) is 26.0 Å². The number of carbonyl (C=O) groups is 2. The number of methoxy groups -OCH3 is 1. The number of benzene rings is 1. The van der Waals surface area contributed by atoms with Crippen LogP contribution >= 0.6 is 0 Å². The lowest BCUT2D eigenvalue weighted by molar-refractivity contribution is -0.146. The van der Waals surface area contributed by atoms with Crippen LogP contribution in [-0.2, 0) is 25.7 Å². The Labute approximate surface area is 130 Å². The van der Waals surface area contributed by atoms with Crippen molar-refractivity contribution in [2.24, 2.45) is 5.92 Å². The van der Waals surface area contributed by atoms with Gasteiger partial charge in [0.2, 0.25) is 5.91 Å². The molecule has 2 atom stereocenters. The van der Waals surface area contributed by atoms with E-state index in [-0.39, 0.29) is 18.9 Å². The number of nitrogens with zero attached hydrogens (tertiary/aromatic N) is 1. The monoisotopic (exact) mass is 304 g/mol. The SMILES string of the molecule is COC(=O)[C@@H](C[C@@H](C)C#N)NC(=O)COCc1ccccc1. The van der Waals surface area contributed by atoms with E-state index in [1.54, 1.807) is 6.92 Å². The number of hydrogen-bond acceptors (Lipinski definition) is 5. The van der Waals surface area contributed by atoms with Crippen LogP contribution in [0.25, 0.3) is 0 Å². The Kier molecular flexibility index (Phi) is 7.65. The molecular weight excluding hydrogens is 284 g/mol. The van der Waals surface area contributed by atoms with Gasteiger partial charge in [0.05, 0.1) is 19.8 Å². The summed E-state index contributed by atoms with van der Waals surface area (Å²) < 4.78 is 9.93. The topological polar surface area (TPSA) is 88.4 Å². The minimum absolute atomic E-state index is 0.163. The lowest BCUT2D eigenvalue weighted by Gasteiger charge is -2.17. The van der Waals surface area contributed by atoms with Crippen molar-refractivity contribution in [3.63, 3.8) is 0 Å². The van der Waals surface area contributed by atoms with Gasteiger partial charge in [-0.3, -0.25) is 4.79 Å². The van der Waals surface area contributed by atoms with Crippen LogP contribution in [0.1, 0.15) is 18.9 Å². The summed E-state index contributed by atoms with van der Waals surface area (Å²) in [6, 6.07) is 10.6. The van der Waals surface area contributed by atoms with Crippen molar-refractivity contribution >= 4 is 11.9 Å². The second kappa shape index (κ2) is 9.53. The van der Waals surface area contributed by atoms with E-state index >= 15 is 0 Å². The number of nitrogens with one attached hydrogen (secondary N) is 1. The average Bonchev–Trinajstić information content (AvgIpc) is 2.54. The minimum atomic E-state index is -0.840. The third-order valence-electron chi connectivity index (χ3n) is 2.98. The second-order valence-corrected chi connectivity index (χ2v) is 4.89. The van der Waals surface area contributed by atoms with Gasteiger partial charge in [-0.1, -0.05) is 30.3 Å². The molecule has 0 unspecified atom stereocenters. The van der Waals surface area contributed by atoms with Gasteiger partial charge >= 0.3 is 5.97 Å². The Hall–Kier alpha value is -2.39. The van der Waals surface area contributed by atoms with Crippen LogP contribution in [0.4, 0.5) is 0 Å². The molecule has 118 valence electrons. The maximum absolute atomic E-state index is 11.8. The van der Waals surface area contributed by atoms with Crippen LogP contribution in [0.2, 0.25) is 0 Å². The number of amides is 1. The van der Waals surface area contributed by atoms with Crippen molar-refractivity contribution in [1.29, 1.82) is 5.26 Å². The van der Waals surface area contributed by atoms with Gasteiger partial charge < -0.3 is 14.8 Å². The maximum Gasteiger partial charge on any atom is 0.328 e. The summed E-state index contributed by atoms with van der Waals surface area (Å²) in [5.41, 5.74) is 0.956. The molecule has 0 aromatic heterocycles. The van der Waals surface area contributed by atoms with Crippen LogP contribution in [0.5, 0.6) is 0 Å². The summed E-state index contributed by atoms with van der Waals surface area (Å²) in [6.07, 6.45) is 0.202. The van der Waals surface area contributed by atoms with E-state index in [9.17, 15) is 9.59 Å². The van der Waals surface area contributed by atoms with Gasteiger partial charge in [-0.2, -0.15) is 5.26 Å². The van der Waals surface area contributed by atoms with E-state index in [1.807, 2.05) is 36.4 Å². The first kappa shape index (κ1) is 17.7. The Morgan fingerprint density at radius 1 is 1.32 bits per heavy atom. The lowest BCUT2D eigenvalue weighted by atomic mass is 10.0. The molecule has 0 heterocycles. The zero-order valence-electron chi connectivity index (χ0n) is 12.7. The number of ether oxygens (including phenoxy) is 2. The van der Waals surface area contributed by atoms with Crippen LogP contribution in [0.15, 0.2) is 30.3 Å². The Balaban J connectivity index is 2.42. The fourth-order valence-corrected chi connectivity index (χ4v) is 1.83. The zero-order valence-corrected chi connectivity index (χ0v) is 12.7. The van der Waals surface area contributed by atoms with Crippen molar-refractivity contribution in [3.05, 3.63) is 35.9 Å². The molecule has 0 bridgehead atoms. The molecule has 1 aromatic carbocycles. The minimum Gasteiger partial charge on any atom is -0.467 e. The standard InChI is InChI=1S/C16H20N2O4/c1-12(9-17)8-14(16(20)21-2)18-15(19)11-22-10-13-6-4-3-5-7-13/h3-7,12,14H,8,10-11H2,1-2H3,(H,18,19)/t12-,14-/m1/s1. The maximum atomic E-state index is 11.8. The van der Waals surface area contributed by atoms with Gasteiger partial charge in [0.15, 0.2) is 0 Å². The van der Waals surface area contributed by atoms with E-state index < -0.39 is 17.9 Å². The Morgan fingerprint density at radius 3 is 2.59 bits per heavy atom. The summed E-state index contributed by atoms with van der Waals surface area (Å²) >= 11 is 0. The molecule has 0 aliphatic carbocycles. The number of hydrogen-bond donors (Lipinski definition) is 1. The third-order valence-corrected chi connectivity index (χ3v) is 2.98. The van der Waals surface area contributed by atoms with Crippen LogP contribution in [-0.4, -0.2) is 31.6 Å². The van der Waals surface area contributed by atoms with E-state index in [4.69, 9.17) is 10.00 Å². The molecule has 1 N–H and O–H groups in total. The van der Waals surface area contributed by atoms with Crippen LogP contribution in [0.3, 0.4) is 0 Å². The molecule has 0 saturated heterocycles. The molecule has 0 saturated carbocycles. The van der Waals surface area contributed by atoms with Crippen LogP contribution in [0, 0.1) is 17.2 Å². The smallest absolute Gasteiger partial charge is 0.328 e. The summed E-state index contributed by atoms with van der Waals surface area (Å²) in [6.45, 7) is 1.82. The molecular formula is C16H20N2O4. The molecule has 0 aliphatic rings. The van der Waals surface area contributed by atoms with E-state index in [0.29, 0.717) is 6.61 Å². The highest BCUT2D eigenvalue weighted by atomic mass is 16.5. The fraction of sp³-hybridized carbons (Fsp3) is 0.438. The normalized spacial score (nSPS) is 12.8. The van der Waals surface area contributed by atoms with Gasteiger partial charge in [-0.05, 0) is 18.9 Å². The number of carbonyl (C=O) groups excluding carboxylic acids is 2. The molecule has 1 rings (SSSR count). The Bertz CT molecular complexity index is 525. The predicted molar refractivity (Wildman–Crippen MR) is 79.4 cm³/mol. The quantitative estimate of drug-likeness (QED) is 0.734. The summed E-state index contributed by atoms with van der Waals surface area (Å²) in [5, 5.41) is 11.3. The highest BCUT2D eigenvalue weighted by molar-refractivity contribution is 5.85. The fourth-order valence-electron chi connectivity index (χ4n) is 1.83. The highest BCUT2D eigenvalue weighted by Gasteiger charge is 2.23. The molecule has 1 aromatic rings. The highest BCUT2D eigenvalue weighted by Crippen LogP contribution is 2.06. The first-order valence-corrected chi connectivity index (χ1v) is 6.95. The molecule has 0 spiro atoms. The number of rotatable bonds is 8. The average molecular weight is 304 g/mol. The first-order valence-electron chi connectivity index (χ1n) is 6.95. The van der Waals surface area contributed by atoms with E-state index in [2.05, 4.69) is 10.1 Å². The van der Waals surface area contributed by atoms with Gasteiger partial charge in [-0.15, -0.1) is 0 Å². The summed E-state index contributed by atoms with van der Waals surface area (Å²) in [4.78, 5) is 23.4. The molecule has 0 radical (unpaired) electrons. The molecule has 1 amide bonds. The molecule has 0 aliphatic heterocycles. The lowest BCUT2D eigenvalue weighted by Crippen LogP contribution is -2.44. The molecule has 6 nitrogen and oxygen atoms in total. The van der Waals surface area contributed by atoms with Crippen molar-refractivity contribution in [2.75, 3.05) is 13.7 Å². The Morgan fingerprint density at radius 2 is 2.00 bits per heavy atom. The number of nitriles is 1.